The van der Waals surface area contributed by atoms with Gasteiger partial charge in [0, 0.05) is 36.2 Å². The van der Waals surface area contributed by atoms with E-state index in [1.54, 1.807) is 31.2 Å². The Bertz CT molecular complexity index is 1400. The van der Waals surface area contributed by atoms with Crippen LogP contribution >= 0.6 is 0 Å². The van der Waals surface area contributed by atoms with Gasteiger partial charge in [0.05, 0.1) is 10.6 Å². The van der Waals surface area contributed by atoms with Crippen LogP contribution in [0.3, 0.4) is 0 Å². The average Bonchev–Trinajstić information content (AvgIpc) is 3.11. The second kappa shape index (κ2) is 10.1. The molecule has 0 saturated carbocycles. The van der Waals surface area contributed by atoms with Gasteiger partial charge in [-0.2, -0.15) is 0 Å². The molecule has 34 heavy (non-hydrogen) atoms. The molecule has 0 aliphatic heterocycles. The van der Waals surface area contributed by atoms with E-state index in [0.717, 1.165) is 16.6 Å². The molecule has 0 fully saturated rings. The van der Waals surface area contributed by atoms with Crippen LogP contribution in [0, 0.1) is 12.7 Å². The molecular formula is C26H26FN3O3S. The lowest BCUT2D eigenvalue weighted by Gasteiger charge is -2.10. The van der Waals surface area contributed by atoms with Crippen molar-refractivity contribution in [3.63, 3.8) is 0 Å². The van der Waals surface area contributed by atoms with Gasteiger partial charge < -0.3 is 15.2 Å². The first-order valence-corrected chi connectivity index (χ1v) is 12.6. The molecule has 8 heteroatoms. The SMILES string of the molecule is Cc1c(S(=O)(=O)CCNC(=O)NCc2ccccc2)c2ccccc2n1Cc1ccc(F)cc1. The monoisotopic (exact) mass is 479 g/mol. The van der Waals surface area contributed by atoms with Crippen LogP contribution in [0.15, 0.2) is 83.8 Å². The highest BCUT2D eigenvalue weighted by molar-refractivity contribution is 7.91. The molecular weight excluding hydrogens is 453 g/mol. The minimum Gasteiger partial charge on any atom is -0.339 e. The number of hydrogen-bond donors (Lipinski definition) is 2. The molecule has 2 N–H and O–H groups in total. The summed E-state index contributed by atoms with van der Waals surface area (Å²) >= 11 is 0. The molecule has 0 radical (unpaired) electrons. The van der Waals surface area contributed by atoms with Gasteiger partial charge in [-0.1, -0.05) is 60.7 Å². The van der Waals surface area contributed by atoms with Crippen LogP contribution in [0.5, 0.6) is 0 Å². The summed E-state index contributed by atoms with van der Waals surface area (Å²) in [5.41, 5.74) is 3.22. The summed E-state index contributed by atoms with van der Waals surface area (Å²) in [6.07, 6.45) is 0. The Morgan fingerprint density at radius 1 is 0.882 bits per heavy atom. The van der Waals surface area contributed by atoms with Crippen LogP contribution in [-0.4, -0.2) is 31.3 Å². The number of fused-ring (bicyclic) bond motifs is 1. The maximum atomic E-state index is 13.3. The van der Waals surface area contributed by atoms with Crippen molar-refractivity contribution in [2.45, 2.75) is 24.9 Å². The topological polar surface area (TPSA) is 80.2 Å². The van der Waals surface area contributed by atoms with Crippen molar-refractivity contribution in [2.75, 3.05) is 12.3 Å². The van der Waals surface area contributed by atoms with Crippen LogP contribution in [0.4, 0.5) is 9.18 Å². The first-order chi connectivity index (χ1) is 16.3. The number of urea groups is 1. The molecule has 3 aromatic carbocycles. The number of hydrogen-bond acceptors (Lipinski definition) is 3. The van der Waals surface area contributed by atoms with E-state index in [0.29, 0.717) is 24.2 Å². The Labute approximate surface area is 198 Å². The third kappa shape index (κ3) is 5.28. The van der Waals surface area contributed by atoms with Gasteiger partial charge in [0.1, 0.15) is 5.82 Å². The van der Waals surface area contributed by atoms with Gasteiger partial charge in [-0.05, 0) is 36.2 Å². The molecule has 0 saturated heterocycles. The van der Waals surface area contributed by atoms with E-state index < -0.39 is 15.9 Å². The molecule has 0 atom stereocenters. The molecule has 0 spiro atoms. The fourth-order valence-electron chi connectivity index (χ4n) is 4.01. The van der Waals surface area contributed by atoms with Crippen LogP contribution in [0.1, 0.15) is 16.8 Å². The predicted octanol–water partition coefficient (Wildman–Crippen LogP) is 4.41. The van der Waals surface area contributed by atoms with E-state index in [1.807, 2.05) is 47.0 Å². The molecule has 0 aliphatic carbocycles. The second-order valence-corrected chi connectivity index (χ2v) is 10.1. The Morgan fingerprint density at radius 3 is 2.29 bits per heavy atom. The summed E-state index contributed by atoms with van der Waals surface area (Å²) in [6, 6.07) is 22.5. The van der Waals surface area contributed by atoms with Gasteiger partial charge in [-0.15, -0.1) is 0 Å². The van der Waals surface area contributed by atoms with Crippen LogP contribution in [0.2, 0.25) is 0 Å². The Morgan fingerprint density at radius 2 is 1.56 bits per heavy atom. The quantitative estimate of drug-likeness (QED) is 0.393. The summed E-state index contributed by atoms with van der Waals surface area (Å²) in [6.45, 7) is 2.54. The number of halogens is 1. The maximum Gasteiger partial charge on any atom is 0.315 e. The third-order valence-corrected chi connectivity index (χ3v) is 7.57. The van der Waals surface area contributed by atoms with E-state index in [4.69, 9.17) is 0 Å². The molecule has 0 aliphatic rings. The molecule has 1 heterocycles. The second-order valence-electron chi connectivity index (χ2n) is 8.06. The number of nitrogens with one attached hydrogen (secondary N) is 2. The van der Waals surface area contributed by atoms with E-state index in [-0.39, 0.29) is 23.0 Å². The number of carbonyl (C=O) groups is 1. The molecule has 0 bridgehead atoms. The molecule has 1 aromatic heterocycles. The highest BCUT2D eigenvalue weighted by Crippen LogP contribution is 2.31. The first-order valence-electron chi connectivity index (χ1n) is 11.0. The molecule has 6 nitrogen and oxygen atoms in total. The number of sulfone groups is 1. The number of carbonyl (C=O) groups excluding carboxylic acids is 1. The molecule has 0 unspecified atom stereocenters. The lowest BCUT2D eigenvalue weighted by Crippen LogP contribution is -2.37. The molecule has 2 amide bonds. The zero-order valence-electron chi connectivity index (χ0n) is 18.8. The zero-order valence-corrected chi connectivity index (χ0v) is 19.6. The number of para-hydroxylation sites is 1. The lowest BCUT2D eigenvalue weighted by molar-refractivity contribution is 0.241. The van der Waals surface area contributed by atoms with Crippen molar-refractivity contribution >= 4 is 26.8 Å². The minimum atomic E-state index is -3.68. The van der Waals surface area contributed by atoms with Gasteiger partial charge >= 0.3 is 6.03 Å². The highest BCUT2D eigenvalue weighted by atomic mass is 32.2. The van der Waals surface area contributed by atoms with Crippen molar-refractivity contribution < 1.29 is 17.6 Å². The number of aromatic nitrogens is 1. The van der Waals surface area contributed by atoms with Crippen molar-refractivity contribution in [3.8, 4) is 0 Å². The van der Waals surface area contributed by atoms with Gasteiger partial charge in [0.25, 0.3) is 0 Å². The summed E-state index contributed by atoms with van der Waals surface area (Å²) < 4.78 is 41.8. The Balaban J connectivity index is 1.49. The van der Waals surface area contributed by atoms with Crippen molar-refractivity contribution in [1.29, 1.82) is 0 Å². The summed E-state index contributed by atoms with van der Waals surface area (Å²) in [7, 11) is -3.68. The predicted molar refractivity (Wildman–Crippen MR) is 131 cm³/mol. The minimum absolute atomic E-state index is 0.0140. The number of amides is 2. The fraction of sp³-hybridized carbons (Fsp3) is 0.192. The third-order valence-electron chi connectivity index (χ3n) is 5.69. The first kappa shape index (κ1) is 23.5. The molecule has 176 valence electrons. The fourth-order valence-corrected chi connectivity index (χ4v) is 5.65. The van der Waals surface area contributed by atoms with Gasteiger partial charge in [-0.25, -0.2) is 17.6 Å². The summed E-state index contributed by atoms with van der Waals surface area (Å²) in [4.78, 5) is 12.4. The summed E-state index contributed by atoms with van der Waals surface area (Å²) in [5.74, 6) is -0.543. The number of nitrogens with zero attached hydrogens (tertiary/aromatic N) is 1. The molecule has 4 aromatic rings. The van der Waals surface area contributed by atoms with Gasteiger partial charge in [0.15, 0.2) is 9.84 Å². The van der Waals surface area contributed by atoms with Gasteiger partial charge in [-0.3, -0.25) is 0 Å². The van der Waals surface area contributed by atoms with E-state index >= 15 is 0 Å². The van der Waals surface area contributed by atoms with Crippen LogP contribution in [-0.2, 0) is 22.9 Å². The van der Waals surface area contributed by atoms with E-state index in [2.05, 4.69) is 10.6 Å². The van der Waals surface area contributed by atoms with Crippen LogP contribution in [0.25, 0.3) is 10.9 Å². The Kier molecular flexibility index (Phi) is 6.98. The normalized spacial score (nSPS) is 11.5. The number of benzene rings is 3. The van der Waals surface area contributed by atoms with E-state index in [9.17, 15) is 17.6 Å². The van der Waals surface area contributed by atoms with E-state index in [1.165, 1.54) is 12.1 Å². The summed E-state index contributed by atoms with van der Waals surface area (Å²) in [5, 5.41) is 5.99. The molecule has 4 rings (SSSR count). The van der Waals surface area contributed by atoms with Crippen molar-refractivity contribution in [3.05, 3.63) is 102 Å². The highest BCUT2D eigenvalue weighted by Gasteiger charge is 2.25. The van der Waals surface area contributed by atoms with Crippen molar-refractivity contribution in [1.82, 2.24) is 15.2 Å². The number of rotatable bonds is 8. The van der Waals surface area contributed by atoms with Crippen LogP contribution < -0.4 is 10.6 Å². The largest absolute Gasteiger partial charge is 0.339 e. The lowest BCUT2D eigenvalue weighted by atomic mass is 10.2. The average molecular weight is 480 g/mol. The standard InChI is InChI=1S/C26H26FN3O3S/c1-19-25(34(32,33)16-15-28-26(31)29-17-20-7-3-2-4-8-20)23-9-5-6-10-24(23)30(19)18-21-11-13-22(27)14-12-21/h2-14H,15-18H2,1H3,(H2,28,29,31). The van der Waals surface area contributed by atoms with Crippen molar-refractivity contribution in [2.24, 2.45) is 0 Å². The smallest absolute Gasteiger partial charge is 0.315 e. The zero-order chi connectivity index (χ0) is 24.1. The Hall–Kier alpha value is -3.65. The maximum absolute atomic E-state index is 13.3. The van der Waals surface area contributed by atoms with Gasteiger partial charge in [0.2, 0.25) is 0 Å².